The van der Waals surface area contributed by atoms with Crippen LogP contribution in [0.1, 0.15) is 33.1 Å². The molecule has 0 radical (unpaired) electrons. The van der Waals surface area contributed by atoms with E-state index in [0.717, 1.165) is 6.42 Å². The van der Waals surface area contributed by atoms with E-state index in [-0.39, 0.29) is 5.41 Å². The molecule has 0 spiro atoms. The highest BCUT2D eigenvalue weighted by atomic mass is 19.1. The molecule has 0 amide bonds. The molecule has 2 heteroatoms. The maximum atomic E-state index is 12.8. The van der Waals surface area contributed by atoms with Gasteiger partial charge in [0.25, 0.3) is 0 Å². The maximum absolute atomic E-state index is 12.8. The number of aliphatic hydroxyl groups excluding tert-OH is 1. The van der Waals surface area contributed by atoms with Crippen LogP contribution >= 0.6 is 0 Å². The maximum Gasteiger partial charge on any atom is 0.103 e. The van der Waals surface area contributed by atoms with E-state index in [4.69, 9.17) is 0 Å². The average Bonchev–Trinajstić information content (AvgIpc) is 1.54. The van der Waals surface area contributed by atoms with E-state index >= 15 is 0 Å². The number of aliphatic hydroxyl groups is 1. The topological polar surface area (TPSA) is 20.2 Å². The molecule has 2 unspecified atom stereocenters. The van der Waals surface area contributed by atoms with Gasteiger partial charge >= 0.3 is 0 Å². The third-order valence-electron chi connectivity index (χ3n) is 2.09. The number of hydrogen-bond acceptors (Lipinski definition) is 1. The molecular weight excluding hydrogens is 131 g/mol. The lowest BCUT2D eigenvalue weighted by Gasteiger charge is -2.34. The molecule has 0 saturated heterocycles. The Labute approximate surface area is 61.2 Å². The minimum Gasteiger partial charge on any atom is -0.393 e. The molecule has 1 aliphatic rings. The van der Waals surface area contributed by atoms with Crippen LogP contribution in [0, 0.1) is 5.41 Å². The Hall–Kier alpha value is -0.110. The molecule has 0 aromatic carbocycles. The van der Waals surface area contributed by atoms with E-state index in [1.54, 1.807) is 0 Å². The summed E-state index contributed by atoms with van der Waals surface area (Å²) in [4.78, 5) is 0. The van der Waals surface area contributed by atoms with E-state index < -0.39 is 12.3 Å². The second kappa shape index (κ2) is 2.50. The van der Waals surface area contributed by atoms with Gasteiger partial charge in [0.1, 0.15) is 6.17 Å². The quantitative estimate of drug-likeness (QED) is 0.553. The predicted octanol–water partition coefficient (Wildman–Crippen LogP) is 1.90. The lowest BCUT2D eigenvalue weighted by molar-refractivity contribution is 0.0205. The minimum atomic E-state index is -0.793. The van der Waals surface area contributed by atoms with Gasteiger partial charge in [-0.05, 0) is 18.3 Å². The van der Waals surface area contributed by atoms with Crippen LogP contribution in [0.25, 0.3) is 0 Å². The summed E-state index contributed by atoms with van der Waals surface area (Å²) in [5, 5.41) is 9.18. The van der Waals surface area contributed by atoms with Crippen LogP contribution in [0.4, 0.5) is 4.39 Å². The van der Waals surface area contributed by atoms with Gasteiger partial charge in [-0.25, -0.2) is 4.39 Å². The zero-order chi connectivity index (χ0) is 7.78. The first kappa shape index (κ1) is 7.99. The van der Waals surface area contributed by atoms with Crippen molar-refractivity contribution in [1.82, 2.24) is 0 Å². The van der Waals surface area contributed by atoms with Crippen molar-refractivity contribution >= 4 is 0 Å². The van der Waals surface area contributed by atoms with Crippen molar-refractivity contribution in [1.29, 1.82) is 0 Å². The van der Waals surface area contributed by atoms with Crippen LogP contribution in [-0.2, 0) is 0 Å². The van der Waals surface area contributed by atoms with Gasteiger partial charge in [0, 0.05) is 6.42 Å². The van der Waals surface area contributed by atoms with E-state index in [2.05, 4.69) is 0 Å². The first-order valence-electron chi connectivity index (χ1n) is 3.82. The number of hydrogen-bond donors (Lipinski definition) is 1. The molecule has 1 nitrogen and oxygen atoms in total. The van der Waals surface area contributed by atoms with Gasteiger partial charge in [0.15, 0.2) is 0 Å². The number of halogens is 1. The molecule has 1 rings (SSSR count). The molecule has 2 atom stereocenters. The highest BCUT2D eigenvalue weighted by Gasteiger charge is 2.32. The average molecular weight is 146 g/mol. The SMILES string of the molecule is CC1(C)CC(O)CC(F)C1. The Morgan fingerprint density at radius 1 is 1.40 bits per heavy atom. The van der Waals surface area contributed by atoms with Crippen molar-refractivity contribution in [2.24, 2.45) is 5.41 Å². The van der Waals surface area contributed by atoms with Gasteiger partial charge in [0.05, 0.1) is 6.10 Å². The summed E-state index contributed by atoms with van der Waals surface area (Å²) in [6, 6.07) is 0. The Balaban J connectivity index is 2.51. The highest BCUT2D eigenvalue weighted by molar-refractivity contribution is 4.83. The van der Waals surface area contributed by atoms with Gasteiger partial charge in [0.2, 0.25) is 0 Å². The molecule has 1 saturated carbocycles. The lowest BCUT2D eigenvalue weighted by atomic mass is 9.75. The lowest BCUT2D eigenvalue weighted by Crippen LogP contribution is -2.32. The first-order chi connectivity index (χ1) is 4.49. The molecule has 10 heavy (non-hydrogen) atoms. The molecule has 1 aliphatic carbocycles. The summed E-state index contributed by atoms with van der Waals surface area (Å²) in [6.07, 6.45) is 0.471. The summed E-state index contributed by atoms with van der Waals surface area (Å²) in [6.45, 7) is 4.00. The van der Waals surface area contributed by atoms with Gasteiger partial charge in [-0.15, -0.1) is 0 Å². The van der Waals surface area contributed by atoms with E-state index in [1.807, 2.05) is 13.8 Å². The van der Waals surface area contributed by atoms with E-state index in [0.29, 0.717) is 12.8 Å². The number of alkyl halides is 1. The molecule has 0 bridgehead atoms. The Morgan fingerprint density at radius 2 is 2.00 bits per heavy atom. The molecule has 0 aliphatic heterocycles. The van der Waals surface area contributed by atoms with Gasteiger partial charge < -0.3 is 5.11 Å². The standard InChI is InChI=1S/C8H15FO/c1-8(2)4-6(9)3-7(10)5-8/h6-7,10H,3-5H2,1-2H3. The summed E-state index contributed by atoms with van der Waals surface area (Å²) < 4.78 is 12.8. The van der Waals surface area contributed by atoms with Crippen LogP contribution < -0.4 is 0 Å². The van der Waals surface area contributed by atoms with E-state index in [1.165, 1.54) is 0 Å². The normalized spacial score (nSPS) is 39.6. The van der Waals surface area contributed by atoms with Crippen molar-refractivity contribution in [3.8, 4) is 0 Å². The van der Waals surface area contributed by atoms with Crippen molar-refractivity contribution in [2.45, 2.75) is 45.4 Å². The fourth-order valence-electron chi connectivity index (χ4n) is 1.78. The monoisotopic (exact) mass is 146 g/mol. The zero-order valence-corrected chi connectivity index (χ0v) is 6.60. The molecule has 0 aromatic heterocycles. The van der Waals surface area contributed by atoms with Crippen molar-refractivity contribution in [3.05, 3.63) is 0 Å². The third kappa shape index (κ3) is 1.94. The van der Waals surface area contributed by atoms with Crippen molar-refractivity contribution in [3.63, 3.8) is 0 Å². The summed E-state index contributed by atoms with van der Waals surface area (Å²) >= 11 is 0. The largest absolute Gasteiger partial charge is 0.393 e. The first-order valence-corrected chi connectivity index (χ1v) is 3.82. The Morgan fingerprint density at radius 3 is 2.40 bits per heavy atom. The summed E-state index contributed by atoms with van der Waals surface area (Å²) in [5.41, 5.74) is -0.00289. The fraction of sp³-hybridized carbons (Fsp3) is 1.00. The van der Waals surface area contributed by atoms with Crippen LogP contribution in [-0.4, -0.2) is 17.4 Å². The van der Waals surface area contributed by atoms with Crippen LogP contribution in [0.2, 0.25) is 0 Å². The second-order valence-corrected chi connectivity index (χ2v) is 4.06. The van der Waals surface area contributed by atoms with Crippen LogP contribution in [0.3, 0.4) is 0 Å². The smallest absolute Gasteiger partial charge is 0.103 e. The predicted molar refractivity (Wildman–Crippen MR) is 38.5 cm³/mol. The molecular formula is C8H15FO. The van der Waals surface area contributed by atoms with Crippen molar-refractivity contribution in [2.75, 3.05) is 0 Å². The van der Waals surface area contributed by atoms with Gasteiger partial charge in [-0.2, -0.15) is 0 Å². The fourth-order valence-corrected chi connectivity index (χ4v) is 1.78. The molecule has 1 fully saturated rings. The molecule has 1 N–H and O–H groups in total. The Kier molecular flexibility index (Phi) is 1.99. The van der Waals surface area contributed by atoms with Gasteiger partial charge in [-0.1, -0.05) is 13.8 Å². The minimum absolute atomic E-state index is 0.00289. The third-order valence-corrected chi connectivity index (χ3v) is 2.09. The van der Waals surface area contributed by atoms with Gasteiger partial charge in [-0.3, -0.25) is 0 Å². The highest BCUT2D eigenvalue weighted by Crippen LogP contribution is 2.36. The number of rotatable bonds is 0. The zero-order valence-electron chi connectivity index (χ0n) is 6.60. The second-order valence-electron chi connectivity index (χ2n) is 4.06. The van der Waals surface area contributed by atoms with E-state index in [9.17, 15) is 9.50 Å². The van der Waals surface area contributed by atoms with Crippen molar-refractivity contribution < 1.29 is 9.50 Å². The molecule has 0 heterocycles. The Bertz CT molecular complexity index is 110. The summed E-state index contributed by atoms with van der Waals surface area (Å²) in [5.74, 6) is 0. The van der Waals surface area contributed by atoms with Crippen LogP contribution in [0.15, 0.2) is 0 Å². The summed E-state index contributed by atoms with van der Waals surface area (Å²) in [7, 11) is 0. The molecule has 60 valence electrons. The van der Waals surface area contributed by atoms with Crippen LogP contribution in [0.5, 0.6) is 0 Å². The molecule has 0 aromatic rings.